The Bertz CT molecular complexity index is 1450. The van der Waals surface area contributed by atoms with Gasteiger partial charge in [0.15, 0.2) is 23.3 Å². The first-order valence-corrected chi connectivity index (χ1v) is 12.5. The van der Waals surface area contributed by atoms with Crippen molar-refractivity contribution in [3.8, 4) is 5.75 Å². The maximum atomic E-state index is 14.3. The van der Waals surface area contributed by atoms with Crippen molar-refractivity contribution < 1.29 is 31.5 Å². The molecule has 36 heavy (non-hydrogen) atoms. The molecule has 0 spiro atoms. The highest BCUT2D eigenvalue weighted by atomic mass is 127. The first-order chi connectivity index (χ1) is 17.0. The lowest BCUT2D eigenvalue weighted by atomic mass is 10.1. The van der Waals surface area contributed by atoms with Gasteiger partial charge in [-0.25, -0.2) is 22.0 Å². The van der Waals surface area contributed by atoms with E-state index in [0.717, 1.165) is 9.13 Å². The first-order valence-electron chi connectivity index (χ1n) is 9.99. The van der Waals surface area contributed by atoms with Crippen LogP contribution in [0.15, 0.2) is 47.1 Å². The summed E-state index contributed by atoms with van der Waals surface area (Å²) in [6.07, 6.45) is 1.39. The molecule has 12 heteroatoms. The van der Waals surface area contributed by atoms with Crippen molar-refractivity contribution in [2.75, 3.05) is 5.01 Å². The third-order valence-corrected chi connectivity index (χ3v) is 6.73. The topological polar surface area (TPSA) is 41.9 Å². The Labute approximate surface area is 234 Å². The van der Waals surface area contributed by atoms with Crippen molar-refractivity contribution in [2.24, 2.45) is 5.10 Å². The number of carbonyl (C=O) groups is 1. The van der Waals surface area contributed by atoms with E-state index in [4.69, 9.17) is 16.3 Å². The van der Waals surface area contributed by atoms with Gasteiger partial charge in [-0.05, 0) is 88.0 Å². The smallest absolute Gasteiger partial charge is 0.280 e. The summed E-state index contributed by atoms with van der Waals surface area (Å²) in [5.74, 6) is -11.6. The Kier molecular flexibility index (Phi) is 7.90. The molecule has 0 aromatic heterocycles. The third kappa shape index (κ3) is 5.09. The van der Waals surface area contributed by atoms with Crippen molar-refractivity contribution in [1.82, 2.24) is 0 Å². The lowest BCUT2D eigenvalue weighted by Crippen LogP contribution is -2.25. The van der Waals surface area contributed by atoms with E-state index in [1.54, 1.807) is 24.3 Å². The molecule has 1 heterocycles. The molecule has 0 unspecified atom stereocenters. The quantitative estimate of drug-likeness (QED) is 0.0888. The zero-order chi connectivity index (χ0) is 26.3. The van der Waals surface area contributed by atoms with Crippen LogP contribution in [-0.2, 0) is 11.4 Å². The Balaban J connectivity index is 1.74. The number of halogens is 8. The average molecular weight is 745 g/mol. The number of hydrogen-bond acceptors (Lipinski definition) is 3. The van der Waals surface area contributed by atoms with E-state index in [1.165, 1.54) is 13.0 Å². The van der Waals surface area contributed by atoms with E-state index < -0.39 is 40.7 Å². The summed E-state index contributed by atoms with van der Waals surface area (Å²) in [5.41, 5.74) is -0.301. The van der Waals surface area contributed by atoms with E-state index in [0.29, 0.717) is 19.9 Å². The fourth-order valence-electron chi connectivity index (χ4n) is 3.39. The zero-order valence-corrected chi connectivity index (χ0v) is 23.1. The van der Waals surface area contributed by atoms with Crippen molar-refractivity contribution in [1.29, 1.82) is 0 Å². The molecule has 3 aromatic rings. The van der Waals surface area contributed by atoms with Crippen LogP contribution in [0.1, 0.15) is 18.1 Å². The van der Waals surface area contributed by atoms with Crippen LogP contribution in [0.25, 0.3) is 6.08 Å². The van der Waals surface area contributed by atoms with Crippen molar-refractivity contribution in [3.05, 3.63) is 94.3 Å². The molecule has 0 bridgehead atoms. The molecule has 0 radical (unpaired) electrons. The van der Waals surface area contributed by atoms with E-state index >= 15 is 0 Å². The second-order valence-electron chi connectivity index (χ2n) is 7.50. The molecule has 1 aliphatic rings. The van der Waals surface area contributed by atoms with Crippen LogP contribution in [0.2, 0.25) is 5.02 Å². The number of rotatable bonds is 5. The number of amides is 1. The molecule has 0 saturated carbocycles. The third-order valence-electron chi connectivity index (χ3n) is 5.07. The molecular formula is C24H12ClF5I2N2O2. The lowest BCUT2D eigenvalue weighted by Gasteiger charge is -2.15. The van der Waals surface area contributed by atoms with Gasteiger partial charge in [0.25, 0.3) is 5.91 Å². The van der Waals surface area contributed by atoms with Gasteiger partial charge in [0.2, 0.25) is 5.82 Å². The molecule has 3 aromatic carbocycles. The van der Waals surface area contributed by atoms with Gasteiger partial charge < -0.3 is 4.74 Å². The maximum Gasteiger partial charge on any atom is 0.280 e. The summed E-state index contributed by atoms with van der Waals surface area (Å²) in [7, 11) is 0. The van der Waals surface area contributed by atoms with Gasteiger partial charge in [0.1, 0.15) is 18.0 Å². The van der Waals surface area contributed by atoms with Crippen LogP contribution >= 0.6 is 56.8 Å². The minimum atomic E-state index is -2.33. The molecule has 4 nitrogen and oxygen atoms in total. The highest BCUT2D eigenvalue weighted by Gasteiger charge is 2.37. The zero-order valence-electron chi connectivity index (χ0n) is 18.0. The van der Waals surface area contributed by atoms with Gasteiger partial charge in [-0.1, -0.05) is 23.7 Å². The van der Waals surface area contributed by atoms with Crippen LogP contribution in [-0.4, -0.2) is 11.6 Å². The van der Waals surface area contributed by atoms with Gasteiger partial charge in [0.05, 0.1) is 14.9 Å². The Morgan fingerprint density at radius 2 is 1.64 bits per heavy atom. The van der Waals surface area contributed by atoms with Crippen LogP contribution in [0.4, 0.5) is 27.6 Å². The second kappa shape index (κ2) is 10.6. The van der Waals surface area contributed by atoms with E-state index in [2.05, 4.69) is 50.3 Å². The highest BCUT2D eigenvalue weighted by Crippen LogP contribution is 2.36. The number of anilines is 1. The van der Waals surface area contributed by atoms with Crippen LogP contribution < -0.4 is 9.75 Å². The molecule has 4 rings (SSSR count). The van der Waals surface area contributed by atoms with Crippen LogP contribution in [0, 0.1) is 36.2 Å². The standard InChI is InChI=1S/C24H12ClF5I2N2O2/c1-10-15(24(35)34(33-10)22-20(29)18(27)17(26)19(28)21(22)30)7-12-6-14(31)8-16(32)23(12)36-9-11-3-2-4-13(25)5-11/h2-8H,9H2,1H3/b15-7-. The minimum absolute atomic E-state index is 0.0126. The predicted molar refractivity (Wildman–Crippen MR) is 142 cm³/mol. The normalized spacial score (nSPS) is 14.6. The van der Waals surface area contributed by atoms with Gasteiger partial charge in [-0.15, -0.1) is 0 Å². The van der Waals surface area contributed by atoms with Crippen molar-refractivity contribution in [2.45, 2.75) is 13.5 Å². The molecule has 186 valence electrons. The second-order valence-corrected chi connectivity index (χ2v) is 10.3. The number of ether oxygens (including phenoxy) is 1. The fraction of sp³-hybridized carbons (Fsp3) is 0.0833. The van der Waals surface area contributed by atoms with Crippen molar-refractivity contribution >= 4 is 80.2 Å². The summed E-state index contributed by atoms with van der Waals surface area (Å²) in [4.78, 5) is 13.0. The Hall–Kier alpha value is -2.26. The SMILES string of the molecule is CC1=NN(c2c(F)c(F)c(F)c(F)c2F)C(=O)/C1=C\c1cc(I)cc(I)c1OCc1cccc(Cl)c1. The molecule has 1 amide bonds. The molecule has 0 N–H and O–H groups in total. The van der Waals surface area contributed by atoms with Gasteiger partial charge in [0, 0.05) is 14.2 Å². The Morgan fingerprint density at radius 1 is 1.00 bits per heavy atom. The van der Waals surface area contributed by atoms with Gasteiger partial charge in [-0.3, -0.25) is 4.79 Å². The van der Waals surface area contributed by atoms with Gasteiger partial charge >= 0.3 is 0 Å². The van der Waals surface area contributed by atoms with Crippen LogP contribution in [0.3, 0.4) is 0 Å². The largest absolute Gasteiger partial charge is 0.487 e. The minimum Gasteiger partial charge on any atom is -0.487 e. The van der Waals surface area contributed by atoms with Gasteiger partial charge in [-0.2, -0.15) is 10.1 Å². The fourth-order valence-corrected chi connectivity index (χ4v) is 5.65. The Morgan fingerprint density at radius 3 is 2.28 bits per heavy atom. The predicted octanol–water partition coefficient (Wildman–Crippen LogP) is 7.63. The highest BCUT2D eigenvalue weighted by molar-refractivity contribution is 14.1. The number of carbonyl (C=O) groups excluding carboxylic acids is 1. The molecule has 1 aliphatic heterocycles. The number of nitrogens with zero attached hydrogens (tertiary/aromatic N) is 2. The number of hydrogen-bond donors (Lipinski definition) is 0. The van der Waals surface area contributed by atoms with Crippen molar-refractivity contribution in [3.63, 3.8) is 0 Å². The molecule has 0 aliphatic carbocycles. The first kappa shape index (κ1) is 26.8. The monoisotopic (exact) mass is 744 g/mol. The average Bonchev–Trinajstić information content (AvgIpc) is 3.09. The lowest BCUT2D eigenvalue weighted by molar-refractivity contribution is -0.114. The summed E-state index contributed by atoms with van der Waals surface area (Å²) in [6.45, 7) is 1.53. The molecule has 0 saturated heterocycles. The summed E-state index contributed by atoms with van der Waals surface area (Å²) >= 11 is 10.2. The molecular weight excluding hydrogens is 733 g/mol. The summed E-state index contributed by atoms with van der Waals surface area (Å²) in [6, 6.07) is 10.6. The van der Waals surface area contributed by atoms with E-state index in [-0.39, 0.29) is 22.9 Å². The molecule has 0 atom stereocenters. The maximum absolute atomic E-state index is 14.3. The summed E-state index contributed by atoms with van der Waals surface area (Å²) in [5, 5.41) is 4.47. The van der Waals surface area contributed by atoms with E-state index in [1.807, 2.05) is 12.1 Å². The number of benzene rings is 3. The van der Waals surface area contributed by atoms with Crippen LogP contribution in [0.5, 0.6) is 5.75 Å². The molecule has 0 fully saturated rings. The number of hydrazone groups is 1. The summed E-state index contributed by atoms with van der Waals surface area (Å²) < 4.78 is 77.1. The van der Waals surface area contributed by atoms with E-state index in [9.17, 15) is 26.7 Å².